The molecule has 0 aliphatic carbocycles. The second-order valence-electron chi connectivity index (χ2n) is 6.06. The van der Waals surface area contributed by atoms with E-state index in [-0.39, 0.29) is 6.10 Å². The van der Waals surface area contributed by atoms with Crippen LogP contribution in [0.25, 0.3) is 0 Å². The Kier molecular flexibility index (Phi) is 12.0. The van der Waals surface area contributed by atoms with Crippen molar-refractivity contribution in [1.82, 2.24) is 14.9 Å². The summed E-state index contributed by atoms with van der Waals surface area (Å²) in [4.78, 5) is 4.18. The van der Waals surface area contributed by atoms with E-state index in [1.54, 1.807) is 7.05 Å². The summed E-state index contributed by atoms with van der Waals surface area (Å²) in [7, 11) is -1.38. The van der Waals surface area contributed by atoms with Gasteiger partial charge >= 0.3 is 0 Å². The van der Waals surface area contributed by atoms with Crippen molar-refractivity contribution in [2.75, 3.05) is 46.1 Å². The first kappa shape index (κ1) is 23.1. The Hall–Kier alpha value is -0.860. The second kappa shape index (κ2) is 12.5. The van der Waals surface area contributed by atoms with E-state index in [1.165, 1.54) is 10.6 Å². The maximum atomic E-state index is 11.5. The van der Waals surface area contributed by atoms with Crippen molar-refractivity contribution in [3.63, 3.8) is 0 Å². The molecule has 2 N–H and O–H groups in total. The molecule has 8 heteroatoms. The SMILES string of the molecule is CCOC(CCNC(=NC)NCCCN(CC)S(C)(=O)=O)C(C)C. The van der Waals surface area contributed by atoms with Gasteiger partial charge in [-0.2, -0.15) is 0 Å². The number of hydrogen-bond acceptors (Lipinski definition) is 4. The van der Waals surface area contributed by atoms with Gasteiger partial charge in [-0.1, -0.05) is 20.8 Å². The number of guanidine groups is 1. The number of nitrogens with one attached hydrogen (secondary N) is 2. The zero-order valence-corrected chi connectivity index (χ0v) is 16.9. The van der Waals surface area contributed by atoms with Crippen molar-refractivity contribution in [3.8, 4) is 0 Å². The van der Waals surface area contributed by atoms with E-state index in [4.69, 9.17) is 4.74 Å². The average molecular weight is 365 g/mol. The van der Waals surface area contributed by atoms with Gasteiger partial charge in [-0.3, -0.25) is 4.99 Å². The van der Waals surface area contributed by atoms with Crippen LogP contribution < -0.4 is 10.6 Å². The Morgan fingerprint density at radius 3 is 2.29 bits per heavy atom. The number of rotatable bonds is 12. The lowest BCUT2D eigenvalue weighted by molar-refractivity contribution is 0.0258. The molecule has 0 aromatic carbocycles. The fourth-order valence-electron chi connectivity index (χ4n) is 2.40. The highest BCUT2D eigenvalue weighted by Gasteiger charge is 2.14. The monoisotopic (exact) mass is 364 g/mol. The quantitative estimate of drug-likeness (QED) is 0.310. The van der Waals surface area contributed by atoms with Crippen LogP contribution in [0, 0.1) is 5.92 Å². The predicted octanol–water partition coefficient (Wildman–Crippen LogP) is 1.27. The number of sulfonamides is 1. The van der Waals surface area contributed by atoms with E-state index < -0.39 is 10.0 Å². The zero-order chi connectivity index (χ0) is 18.6. The molecule has 0 rings (SSSR count). The lowest BCUT2D eigenvalue weighted by Crippen LogP contribution is -2.40. The largest absolute Gasteiger partial charge is 0.378 e. The molecule has 24 heavy (non-hydrogen) atoms. The van der Waals surface area contributed by atoms with Crippen LogP contribution >= 0.6 is 0 Å². The van der Waals surface area contributed by atoms with Crippen LogP contribution in [0.15, 0.2) is 4.99 Å². The molecular weight excluding hydrogens is 328 g/mol. The summed E-state index contributed by atoms with van der Waals surface area (Å²) < 4.78 is 30.2. The van der Waals surface area contributed by atoms with Gasteiger partial charge in [0, 0.05) is 39.8 Å². The molecule has 144 valence electrons. The number of aliphatic imine (C=N–C) groups is 1. The molecular formula is C16H36N4O3S. The third-order valence-corrected chi connectivity index (χ3v) is 5.15. The molecule has 0 bridgehead atoms. The second-order valence-corrected chi connectivity index (χ2v) is 8.04. The van der Waals surface area contributed by atoms with E-state index in [0.717, 1.165) is 32.0 Å². The van der Waals surface area contributed by atoms with Gasteiger partial charge in [-0.05, 0) is 25.7 Å². The molecule has 0 aliphatic heterocycles. The Labute approximate surface area is 148 Å². The van der Waals surface area contributed by atoms with Gasteiger partial charge in [0.05, 0.1) is 12.4 Å². The van der Waals surface area contributed by atoms with Crippen LogP contribution in [-0.2, 0) is 14.8 Å². The molecule has 0 fully saturated rings. The molecule has 7 nitrogen and oxygen atoms in total. The Balaban J connectivity index is 4.08. The molecule has 1 atom stereocenters. The molecule has 0 spiro atoms. The van der Waals surface area contributed by atoms with Crippen molar-refractivity contribution in [2.45, 2.75) is 46.6 Å². The summed E-state index contributed by atoms with van der Waals surface area (Å²) in [6.45, 7) is 11.4. The molecule has 0 aromatic heterocycles. The van der Waals surface area contributed by atoms with Crippen LogP contribution in [0.2, 0.25) is 0 Å². The van der Waals surface area contributed by atoms with Crippen molar-refractivity contribution in [1.29, 1.82) is 0 Å². The topological polar surface area (TPSA) is 83.0 Å². The van der Waals surface area contributed by atoms with Crippen LogP contribution in [0.3, 0.4) is 0 Å². The summed E-state index contributed by atoms with van der Waals surface area (Å²) >= 11 is 0. The summed E-state index contributed by atoms with van der Waals surface area (Å²) in [6, 6.07) is 0. The molecule has 0 saturated heterocycles. The molecule has 0 saturated carbocycles. The van der Waals surface area contributed by atoms with E-state index in [1.807, 2.05) is 13.8 Å². The fraction of sp³-hybridized carbons (Fsp3) is 0.938. The van der Waals surface area contributed by atoms with Gasteiger partial charge in [0.25, 0.3) is 0 Å². The van der Waals surface area contributed by atoms with E-state index in [2.05, 4.69) is 29.5 Å². The van der Waals surface area contributed by atoms with Crippen molar-refractivity contribution in [2.24, 2.45) is 10.9 Å². The fourth-order valence-corrected chi connectivity index (χ4v) is 3.33. The lowest BCUT2D eigenvalue weighted by Gasteiger charge is -2.22. The van der Waals surface area contributed by atoms with Crippen molar-refractivity contribution in [3.05, 3.63) is 0 Å². The Bertz CT molecular complexity index is 452. The van der Waals surface area contributed by atoms with Crippen LogP contribution in [-0.4, -0.2) is 70.9 Å². The highest BCUT2D eigenvalue weighted by molar-refractivity contribution is 7.88. The van der Waals surface area contributed by atoms with Crippen LogP contribution in [0.5, 0.6) is 0 Å². The van der Waals surface area contributed by atoms with Gasteiger partial charge in [-0.25, -0.2) is 12.7 Å². The summed E-state index contributed by atoms with van der Waals surface area (Å²) in [6.07, 6.45) is 3.14. The maximum absolute atomic E-state index is 11.5. The first-order valence-corrected chi connectivity index (χ1v) is 10.6. The number of nitrogens with zero attached hydrogens (tertiary/aromatic N) is 2. The van der Waals surface area contributed by atoms with Crippen molar-refractivity contribution >= 4 is 16.0 Å². The Morgan fingerprint density at radius 2 is 1.83 bits per heavy atom. The number of hydrogen-bond donors (Lipinski definition) is 2. The zero-order valence-electron chi connectivity index (χ0n) is 16.1. The van der Waals surface area contributed by atoms with Crippen LogP contribution in [0.1, 0.15) is 40.5 Å². The highest BCUT2D eigenvalue weighted by Crippen LogP contribution is 2.09. The molecule has 0 aliphatic rings. The molecule has 1 unspecified atom stereocenters. The summed E-state index contributed by atoms with van der Waals surface area (Å²) in [5.74, 6) is 1.22. The molecule has 0 heterocycles. The minimum atomic E-state index is -3.11. The Morgan fingerprint density at radius 1 is 1.21 bits per heavy atom. The van der Waals surface area contributed by atoms with Gasteiger partial charge in [-0.15, -0.1) is 0 Å². The average Bonchev–Trinajstić information content (AvgIpc) is 2.50. The van der Waals surface area contributed by atoms with Gasteiger partial charge in [0.15, 0.2) is 5.96 Å². The highest BCUT2D eigenvalue weighted by atomic mass is 32.2. The standard InChI is InChI=1S/C16H36N4O3S/c1-7-20(24(6,21)22)13-9-11-18-16(17-5)19-12-10-15(14(3)4)23-8-2/h14-15H,7-13H2,1-6H3,(H2,17,18,19). The first-order chi connectivity index (χ1) is 11.3. The molecule has 0 aromatic rings. The van der Waals surface area contributed by atoms with E-state index in [0.29, 0.717) is 25.6 Å². The maximum Gasteiger partial charge on any atom is 0.211 e. The van der Waals surface area contributed by atoms with Gasteiger partial charge in [0.1, 0.15) is 0 Å². The third kappa shape index (κ3) is 10.1. The van der Waals surface area contributed by atoms with E-state index >= 15 is 0 Å². The van der Waals surface area contributed by atoms with E-state index in [9.17, 15) is 8.42 Å². The van der Waals surface area contributed by atoms with Crippen LogP contribution in [0.4, 0.5) is 0 Å². The van der Waals surface area contributed by atoms with Gasteiger partial charge < -0.3 is 15.4 Å². The molecule has 0 amide bonds. The first-order valence-electron chi connectivity index (χ1n) is 8.77. The minimum Gasteiger partial charge on any atom is -0.378 e. The number of ether oxygens (including phenoxy) is 1. The van der Waals surface area contributed by atoms with Crippen molar-refractivity contribution < 1.29 is 13.2 Å². The molecule has 0 radical (unpaired) electrons. The van der Waals surface area contributed by atoms with Gasteiger partial charge in [0.2, 0.25) is 10.0 Å². The predicted molar refractivity (Wildman–Crippen MR) is 101 cm³/mol. The third-order valence-electron chi connectivity index (χ3n) is 3.77. The summed E-state index contributed by atoms with van der Waals surface area (Å²) in [5, 5.41) is 6.48. The lowest BCUT2D eigenvalue weighted by atomic mass is 10.0. The minimum absolute atomic E-state index is 0.244. The summed E-state index contributed by atoms with van der Waals surface area (Å²) in [5.41, 5.74) is 0. The normalized spacial score (nSPS) is 14.2. The smallest absolute Gasteiger partial charge is 0.211 e.